The largest absolute Gasteiger partial charge is 2.00 e. The summed E-state index contributed by atoms with van der Waals surface area (Å²) in [6.45, 7) is 4.94. The summed E-state index contributed by atoms with van der Waals surface area (Å²) in [6.07, 6.45) is 0. The maximum absolute atomic E-state index is 12.4. The summed E-state index contributed by atoms with van der Waals surface area (Å²) < 4.78 is 0. The van der Waals surface area contributed by atoms with Crippen LogP contribution in [0.3, 0.4) is 0 Å². The Balaban J connectivity index is 0.000000184. The SMILES string of the molecule is CCN=C([S-])N/N=C1/C(=O)c2cccc3cccc1c23.CCN=C([S-])N/N=C1/C(=O)c2cccc3cccc1c23.[Zn+2]. The summed E-state index contributed by atoms with van der Waals surface area (Å²) in [4.78, 5) is 32.8. The third kappa shape index (κ3) is 5.93. The van der Waals surface area contributed by atoms with Gasteiger partial charge in [0.25, 0.3) is 0 Å². The van der Waals surface area contributed by atoms with Gasteiger partial charge in [-0.15, -0.1) is 0 Å². The van der Waals surface area contributed by atoms with E-state index in [2.05, 4.69) is 31.0 Å². The molecule has 0 spiro atoms. The van der Waals surface area contributed by atoms with E-state index in [4.69, 9.17) is 25.3 Å². The molecule has 0 amide bonds. The van der Waals surface area contributed by atoms with Crippen LogP contribution in [0.2, 0.25) is 0 Å². The molecule has 2 aliphatic carbocycles. The first-order chi connectivity index (χ1) is 19.4. The standard InChI is InChI=1S/2C15H13N3OS.Zn/c2*1-2-16-15(20)18-17-13-10-7-3-5-9-6-4-8-11(12(9)10)14(13)19;/h2*3-8H,2H2,1H3,(H2,16,18,20);/q;;+2/p-2/b2*17-13+;. The molecule has 4 aromatic carbocycles. The van der Waals surface area contributed by atoms with E-state index in [0.717, 1.165) is 32.7 Å². The zero-order chi connectivity index (χ0) is 28.2. The van der Waals surface area contributed by atoms with Crippen molar-refractivity contribution >= 4 is 80.1 Å². The molecule has 11 heteroatoms. The summed E-state index contributed by atoms with van der Waals surface area (Å²) in [6, 6.07) is 23.0. The van der Waals surface area contributed by atoms with Crippen molar-refractivity contribution in [1.29, 1.82) is 0 Å². The van der Waals surface area contributed by atoms with Crippen LogP contribution >= 0.6 is 0 Å². The van der Waals surface area contributed by atoms with E-state index in [1.54, 1.807) is 0 Å². The molecule has 0 aromatic heterocycles. The molecule has 2 aliphatic rings. The van der Waals surface area contributed by atoms with Gasteiger partial charge in [-0.25, -0.2) is 0 Å². The number of hydrogen-bond acceptors (Lipinski definition) is 8. The first-order valence-corrected chi connectivity index (χ1v) is 13.5. The third-order valence-corrected chi connectivity index (χ3v) is 6.81. The van der Waals surface area contributed by atoms with Crippen LogP contribution in [0.15, 0.2) is 93.0 Å². The van der Waals surface area contributed by atoms with E-state index in [0.29, 0.717) is 35.6 Å². The van der Waals surface area contributed by atoms with Gasteiger partial charge in [-0.1, -0.05) is 72.8 Å². The first-order valence-electron chi connectivity index (χ1n) is 12.7. The minimum Gasteiger partial charge on any atom is -0.741 e. The van der Waals surface area contributed by atoms with E-state index >= 15 is 0 Å². The maximum atomic E-state index is 12.4. The van der Waals surface area contributed by atoms with Crippen molar-refractivity contribution in [2.45, 2.75) is 13.8 Å². The number of carbonyl (C=O) groups excluding carboxylic acids is 2. The number of benzene rings is 4. The fourth-order valence-corrected chi connectivity index (χ4v) is 5.09. The van der Waals surface area contributed by atoms with Crippen molar-refractivity contribution in [2.75, 3.05) is 13.1 Å². The first kappa shape index (κ1) is 30.1. The van der Waals surface area contributed by atoms with Crippen molar-refractivity contribution in [1.82, 2.24) is 10.9 Å². The molecule has 0 heterocycles. The smallest absolute Gasteiger partial charge is 0.741 e. The van der Waals surface area contributed by atoms with Crippen LogP contribution in [0.25, 0.3) is 21.5 Å². The van der Waals surface area contributed by atoms with Gasteiger partial charge in [0.2, 0.25) is 11.6 Å². The molecule has 41 heavy (non-hydrogen) atoms. The number of aliphatic imine (C=N–C) groups is 2. The average Bonchev–Trinajstić information content (AvgIpc) is 3.40. The van der Waals surface area contributed by atoms with Gasteiger partial charge in [-0.05, 0) is 35.0 Å². The van der Waals surface area contributed by atoms with Crippen LogP contribution in [0.4, 0.5) is 0 Å². The molecule has 0 saturated heterocycles. The average molecular weight is 630 g/mol. The monoisotopic (exact) mass is 628 g/mol. The number of amidine groups is 2. The second kappa shape index (κ2) is 13.2. The number of hydrazone groups is 2. The Hall–Kier alpha value is -3.92. The Kier molecular flexibility index (Phi) is 9.65. The second-order valence-corrected chi connectivity index (χ2v) is 9.55. The second-order valence-electron chi connectivity index (χ2n) is 8.78. The van der Waals surface area contributed by atoms with Crippen LogP contribution < -0.4 is 10.9 Å². The maximum Gasteiger partial charge on any atom is 2.00 e. The Labute approximate surface area is 261 Å². The number of rotatable bonds is 4. The van der Waals surface area contributed by atoms with E-state index < -0.39 is 0 Å². The Morgan fingerprint density at radius 2 is 0.951 bits per heavy atom. The molecule has 0 unspecified atom stereocenters. The number of nitrogens with one attached hydrogen (secondary N) is 2. The molecule has 6 rings (SSSR count). The predicted molar refractivity (Wildman–Crippen MR) is 167 cm³/mol. The normalized spacial score (nSPS) is 15.8. The number of ketones is 2. The van der Waals surface area contributed by atoms with Gasteiger partial charge >= 0.3 is 19.5 Å². The third-order valence-electron chi connectivity index (χ3n) is 6.37. The number of carbonyl (C=O) groups is 2. The van der Waals surface area contributed by atoms with Crippen molar-refractivity contribution in [3.05, 3.63) is 95.1 Å². The van der Waals surface area contributed by atoms with Crippen LogP contribution in [0, 0.1) is 0 Å². The van der Waals surface area contributed by atoms with Crippen LogP contribution in [-0.2, 0) is 44.7 Å². The van der Waals surface area contributed by atoms with Gasteiger partial charge in [0, 0.05) is 46.1 Å². The van der Waals surface area contributed by atoms with Crippen molar-refractivity contribution < 1.29 is 29.1 Å². The molecule has 0 fully saturated rings. The molecule has 4 aromatic rings. The fraction of sp³-hybridized carbons (Fsp3) is 0.133. The minimum absolute atomic E-state index is 0. The Morgan fingerprint density at radius 3 is 1.29 bits per heavy atom. The molecule has 200 valence electrons. The fourth-order valence-electron chi connectivity index (χ4n) is 4.74. The van der Waals surface area contributed by atoms with Gasteiger partial charge in [-0.2, -0.15) is 10.2 Å². The number of Topliss-reactive ketones (excluding diaryl/α,β-unsaturated/α-hetero) is 2. The number of nitrogens with zero attached hydrogens (tertiary/aromatic N) is 4. The summed E-state index contributed by atoms with van der Waals surface area (Å²) in [5.41, 5.74) is 9.19. The van der Waals surface area contributed by atoms with E-state index in [9.17, 15) is 9.59 Å². The molecular formula is C30H24N6O2S2Zn. The summed E-state index contributed by atoms with van der Waals surface area (Å²) >= 11 is 10.00. The van der Waals surface area contributed by atoms with E-state index in [-0.39, 0.29) is 41.4 Å². The van der Waals surface area contributed by atoms with E-state index in [1.165, 1.54) is 0 Å². The molecule has 0 atom stereocenters. The zero-order valence-corrected chi connectivity index (χ0v) is 27.1. The molecule has 8 nitrogen and oxygen atoms in total. The molecule has 0 radical (unpaired) electrons. The predicted octanol–water partition coefficient (Wildman–Crippen LogP) is 4.50. The van der Waals surface area contributed by atoms with Gasteiger partial charge in [0.15, 0.2) is 0 Å². The van der Waals surface area contributed by atoms with Crippen molar-refractivity contribution in [3.8, 4) is 0 Å². The topological polar surface area (TPSA) is 108 Å². The van der Waals surface area contributed by atoms with Crippen molar-refractivity contribution in [3.63, 3.8) is 0 Å². The molecule has 0 aliphatic heterocycles. The van der Waals surface area contributed by atoms with Gasteiger partial charge < -0.3 is 25.3 Å². The van der Waals surface area contributed by atoms with E-state index in [1.807, 2.05) is 86.6 Å². The molecule has 0 saturated carbocycles. The van der Waals surface area contributed by atoms with Gasteiger partial charge in [0.05, 0.1) is 0 Å². The van der Waals surface area contributed by atoms with Crippen LogP contribution in [0.5, 0.6) is 0 Å². The van der Waals surface area contributed by atoms with Gasteiger partial charge in [0.1, 0.15) is 11.4 Å². The Bertz CT molecular complexity index is 1660. The molecule has 2 N–H and O–H groups in total. The van der Waals surface area contributed by atoms with Gasteiger partial charge in [-0.3, -0.25) is 30.4 Å². The van der Waals surface area contributed by atoms with Crippen LogP contribution in [-0.4, -0.2) is 46.4 Å². The minimum atomic E-state index is -0.0800. The Morgan fingerprint density at radius 1 is 0.610 bits per heavy atom. The molecular weight excluding hydrogens is 606 g/mol. The molecule has 0 bridgehead atoms. The summed E-state index contributed by atoms with van der Waals surface area (Å²) in [7, 11) is 0. The quantitative estimate of drug-likeness (QED) is 0.113. The summed E-state index contributed by atoms with van der Waals surface area (Å²) in [5, 5.41) is 12.9. The van der Waals surface area contributed by atoms with Crippen LogP contribution in [0.1, 0.15) is 45.7 Å². The van der Waals surface area contributed by atoms with Crippen molar-refractivity contribution in [2.24, 2.45) is 20.2 Å². The summed E-state index contributed by atoms with van der Waals surface area (Å²) in [5.74, 6) is -0.160. The number of hydrogen-bond donors (Lipinski definition) is 2. The zero-order valence-electron chi connectivity index (χ0n) is 22.5.